The summed E-state index contributed by atoms with van der Waals surface area (Å²) in [6.45, 7) is 4.12. The van der Waals surface area contributed by atoms with E-state index < -0.39 is 5.91 Å². The fraction of sp³-hybridized carbons (Fsp3) is 0.417. The molecule has 16 heavy (non-hydrogen) atoms. The van der Waals surface area contributed by atoms with Gasteiger partial charge < -0.3 is 15.5 Å². The smallest absolute Gasteiger partial charge is 0.259 e. The number of carbonyl (C=O) groups excluding carboxylic acids is 1. The van der Waals surface area contributed by atoms with E-state index in [-0.39, 0.29) is 28.5 Å². The lowest BCUT2D eigenvalue weighted by Crippen LogP contribution is -2.28. The topological polar surface area (TPSA) is 69.6 Å². The molecule has 1 amide bonds. The lowest BCUT2D eigenvalue weighted by atomic mass is 10.1. The molecule has 0 radical (unpaired) electrons. The summed E-state index contributed by atoms with van der Waals surface area (Å²) in [6.07, 6.45) is 0.924. The summed E-state index contributed by atoms with van der Waals surface area (Å²) in [5.74, 6) is -0.821. The maximum absolute atomic E-state index is 11.8. The molecular weight excluding hydrogens is 206 g/mol. The number of carbonyl (C=O) groups is 1. The SMILES string of the molecule is CC1(C)CC1NC(=O)c1c(O)cccc1O. The number of nitrogens with one attached hydrogen (secondary N) is 1. The van der Waals surface area contributed by atoms with Crippen LogP contribution in [0.2, 0.25) is 0 Å². The average Bonchev–Trinajstić information content (AvgIpc) is 2.72. The zero-order chi connectivity index (χ0) is 11.9. The third-order valence-electron chi connectivity index (χ3n) is 3.07. The van der Waals surface area contributed by atoms with Gasteiger partial charge in [-0.05, 0) is 24.0 Å². The highest BCUT2D eigenvalue weighted by Gasteiger charge is 2.46. The van der Waals surface area contributed by atoms with Crippen LogP contribution in [0.25, 0.3) is 0 Å². The Morgan fingerprint density at radius 1 is 1.38 bits per heavy atom. The summed E-state index contributed by atoms with van der Waals surface area (Å²) < 4.78 is 0. The summed E-state index contributed by atoms with van der Waals surface area (Å²) in [5, 5.41) is 21.8. The number of rotatable bonds is 2. The molecule has 3 N–H and O–H groups in total. The van der Waals surface area contributed by atoms with Crippen LogP contribution in [0.4, 0.5) is 0 Å². The van der Waals surface area contributed by atoms with Crippen LogP contribution in [-0.2, 0) is 0 Å². The molecule has 1 aromatic rings. The van der Waals surface area contributed by atoms with Gasteiger partial charge in [-0.15, -0.1) is 0 Å². The molecule has 1 atom stereocenters. The second-order valence-electron chi connectivity index (χ2n) is 4.89. The Balaban J connectivity index is 2.16. The summed E-state index contributed by atoms with van der Waals surface area (Å²) >= 11 is 0. The molecule has 1 aliphatic carbocycles. The second kappa shape index (κ2) is 3.40. The molecule has 0 heterocycles. The molecule has 0 spiro atoms. The molecule has 1 aliphatic rings. The van der Waals surface area contributed by atoms with Gasteiger partial charge in [0.05, 0.1) is 0 Å². The van der Waals surface area contributed by atoms with Crippen LogP contribution in [-0.4, -0.2) is 22.2 Å². The molecule has 0 saturated heterocycles. The van der Waals surface area contributed by atoms with Crippen molar-refractivity contribution in [2.75, 3.05) is 0 Å². The third-order valence-corrected chi connectivity index (χ3v) is 3.07. The molecule has 4 nitrogen and oxygen atoms in total. The quantitative estimate of drug-likeness (QED) is 0.710. The van der Waals surface area contributed by atoms with Gasteiger partial charge in [0.15, 0.2) is 0 Å². The van der Waals surface area contributed by atoms with E-state index in [0.717, 1.165) is 6.42 Å². The zero-order valence-electron chi connectivity index (χ0n) is 9.32. The third kappa shape index (κ3) is 1.83. The highest BCUT2D eigenvalue weighted by molar-refractivity contribution is 5.99. The van der Waals surface area contributed by atoms with Crippen molar-refractivity contribution in [2.24, 2.45) is 5.41 Å². The van der Waals surface area contributed by atoms with Crippen molar-refractivity contribution in [3.63, 3.8) is 0 Å². The maximum atomic E-state index is 11.8. The van der Waals surface area contributed by atoms with E-state index in [9.17, 15) is 15.0 Å². The van der Waals surface area contributed by atoms with Crippen LogP contribution in [0.5, 0.6) is 11.5 Å². The number of hydrogen-bond donors (Lipinski definition) is 3. The van der Waals surface area contributed by atoms with Crippen molar-refractivity contribution in [3.8, 4) is 11.5 Å². The molecule has 1 saturated carbocycles. The van der Waals surface area contributed by atoms with Gasteiger partial charge in [0.2, 0.25) is 0 Å². The minimum Gasteiger partial charge on any atom is -0.507 e. The highest BCUT2D eigenvalue weighted by atomic mass is 16.3. The van der Waals surface area contributed by atoms with Crippen LogP contribution < -0.4 is 5.32 Å². The first kappa shape index (κ1) is 10.8. The van der Waals surface area contributed by atoms with Gasteiger partial charge in [-0.2, -0.15) is 0 Å². The van der Waals surface area contributed by atoms with E-state index in [1.54, 1.807) is 0 Å². The number of amides is 1. The molecule has 2 rings (SSSR count). The van der Waals surface area contributed by atoms with Crippen LogP contribution in [0.15, 0.2) is 18.2 Å². The average molecular weight is 221 g/mol. The molecule has 1 aromatic carbocycles. The fourth-order valence-electron chi connectivity index (χ4n) is 1.70. The maximum Gasteiger partial charge on any atom is 0.259 e. The Morgan fingerprint density at radius 2 is 1.88 bits per heavy atom. The van der Waals surface area contributed by atoms with E-state index in [4.69, 9.17) is 0 Å². The fourth-order valence-corrected chi connectivity index (χ4v) is 1.70. The molecule has 4 heteroatoms. The van der Waals surface area contributed by atoms with Gasteiger partial charge in [-0.3, -0.25) is 4.79 Å². The Kier molecular flexibility index (Phi) is 2.30. The summed E-state index contributed by atoms with van der Waals surface area (Å²) in [7, 11) is 0. The molecule has 0 bridgehead atoms. The standard InChI is InChI=1S/C12H15NO3/c1-12(2)6-9(12)13-11(16)10-7(14)4-3-5-8(10)15/h3-5,9,14-15H,6H2,1-2H3,(H,13,16). The van der Waals surface area contributed by atoms with E-state index in [1.165, 1.54) is 18.2 Å². The lowest BCUT2D eigenvalue weighted by Gasteiger charge is -2.09. The van der Waals surface area contributed by atoms with Gasteiger partial charge in [0, 0.05) is 6.04 Å². The predicted molar refractivity (Wildman–Crippen MR) is 59.4 cm³/mol. The van der Waals surface area contributed by atoms with Gasteiger partial charge >= 0.3 is 0 Å². The Bertz CT molecular complexity index is 420. The monoisotopic (exact) mass is 221 g/mol. The summed E-state index contributed by atoms with van der Waals surface area (Å²) in [4.78, 5) is 11.8. The number of hydrogen-bond acceptors (Lipinski definition) is 3. The van der Waals surface area contributed by atoms with E-state index in [1.807, 2.05) is 0 Å². The molecule has 1 fully saturated rings. The van der Waals surface area contributed by atoms with Crippen molar-refractivity contribution < 1.29 is 15.0 Å². The first-order valence-electron chi connectivity index (χ1n) is 5.23. The van der Waals surface area contributed by atoms with Crippen LogP contribution in [0, 0.1) is 5.41 Å². The largest absolute Gasteiger partial charge is 0.507 e. The van der Waals surface area contributed by atoms with E-state index in [2.05, 4.69) is 19.2 Å². The molecular formula is C12H15NO3. The summed E-state index contributed by atoms with van der Waals surface area (Å²) in [5.41, 5.74) is 0.0700. The first-order chi connectivity index (χ1) is 7.42. The van der Waals surface area contributed by atoms with Crippen molar-refractivity contribution in [3.05, 3.63) is 23.8 Å². The van der Waals surface area contributed by atoms with Gasteiger partial charge in [-0.1, -0.05) is 19.9 Å². The van der Waals surface area contributed by atoms with E-state index in [0.29, 0.717) is 0 Å². The molecule has 1 unspecified atom stereocenters. The predicted octanol–water partition coefficient (Wildman–Crippen LogP) is 1.63. The normalized spacial score (nSPS) is 21.5. The first-order valence-corrected chi connectivity index (χ1v) is 5.23. The lowest BCUT2D eigenvalue weighted by molar-refractivity contribution is 0.0941. The Morgan fingerprint density at radius 3 is 2.31 bits per heavy atom. The van der Waals surface area contributed by atoms with Crippen molar-refractivity contribution in [1.82, 2.24) is 5.32 Å². The van der Waals surface area contributed by atoms with Crippen LogP contribution in [0.1, 0.15) is 30.6 Å². The number of phenolic OH excluding ortho intramolecular Hbond substituents is 2. The highest BCUT2D eigenvalue weighted by Crippen LogP contribution is 2.45. The minimum absolute atomic E-state index is 0.0507. The van der Waals surface area contributed by atoms with Gasteiger partial charge in [0.25, 0.3) is 5.91 Å². The molecule has 86 valence electrons. The van der Waals surface area contributed by atoms with E-state index >= 15 is 0 Å². The number of aromatic hydroxyl groups is 2. The minimum atomic E-state index is -0.425. The van der Waals surface area contributed by atoms with Crippen molar-refractivity contribution in [1.29, 1.82) is 0 Å². The van der Waals surface area contributed by atoms with Crippen LogP contribution in [0.3, 0.4) is 0 Å². The van der Waals surface area contributed by atoms with Gasteiger partial charge in [-0.25, -0.2) is 0 Å². The van der Waals surface area contributed by atoms with Crippen molar-refractivity contribution >= 4 is 5.91 Å². The number of benzene rings is 1. The Labute approximate surface area is 93.9 Å². The Hall–Kier alpha value is -1.71. The second-order valence-corrected chi connectivity index (χ2v) is 4.89. The van der Waals surface area contributed by atoms with Crippen LogP contribution >= 0.6 is 0 Å². The molecule has 0 aromatic heterocycles. The number of phenols is 2. The molecule has 0 aliphatic heterocycles. The van der Waals surface area contributed by atoms with Gasteiger partial charge in [0.1, 0.15) is 17.1 Å². The zero-order valence-corrected chi connectivity index (χ0v) is 9.32. The summed E-state index contributed by atoms with van der Waals surface area (Å²) in [6, 6.07) is 4.38. The van der Waals surface area contributed by atoms with Crippen molar-refractivity contribution in [2.45, 2.75) is 26.3 Å².